The van der Waals surface area contributed by atoms with Crippen LogP contribution in [0.15, 0.2) is 47.6 Å². The minimum Gasteiger partial charge on any atom is -0.470 e. The molecule has 0 bridgehead atoms. The molecule has 1 aliphatic rings. The van der Waals surface area contributed by atoms with Crippen molar-refractivity contribution in [1.82, 2.24) is 14.9 Å². The van der Waals surface area contributed by atoms with Gasteiger partial charge in [-0.25, -0.2) is 9.97 Å². The van der Waals surface area contributed by atoms with Gasteiger partial charge in [-0.2, -0.15) is 0 Å². The molecular weight excluding hydrogens is 360 g/mol. The van der Waals surface area contributed by atoms with E-state index in [4.69, 9.17) is 4.74 Å². The van der Waals surface area contributed by atoms with E-state index in [1.807, 2.05) is 42.1 Å². The van der Waals surface area contributed by atoms with Crippen molar-refractivity contribution in [2.24, 2.45) is 0 Å². The van der Waals surface area contributed by atoms with Gasteiger partial charge in [0.2, 0.25) is 5.91 Å². The van der Waals surface area contributed by atoms with Crippen LogP contribution in [-0.2, 0) is 4.79 Å². The minimum absolute atomic E-state index is 0.0418. The number of carbonyl (C=O) groups is 1. The molecule has 1 amide bonds. The van der Waals surface area contributed by atoms with E-state index in [0.717, 1.165) is 25.1 Å². The van der Waals surface area contributed by atoms with E-state index in [2.05, 4.69) is 22.1 Å². The second kappa shape index (κ2) is 9.60. The molecule has 2 aromatic rings. The monoisotopic (exact) mass is 386 g/mol. The fraction of sp³-hybridized carbons (Fsp3) is 0.450. The van der Waals surface area contributed by atoms with Crippen LogP contribution in [0, 0.1) is 0 Å². The Hall–Kier alpha value is -2.28. The minimum atomic E-state index is -0.0418. The first-order chi connectivity index (χ1) is 13.1. The van der Waals surface area contributed by atoms with E-state index in [-0.39, 0.29) is 12.0 Å². The largest absolute Gasteiger partial charge is 0.470 e. The van der Waals surface area contributed by atoms with Gasteiger partial charge in [-0.1, -0.05) is 18.2 Å². The Labute approximate surface area is 164 Å². The predicted octanol–water partition coefficient (Wildman–Crippen LogP) is 3.09. The first-order valence-electron chi connectivity index (χ1n) is 9.24. The van der Waals surface area contributed by atoms with Crippen LogP contribution in [0.25, 0.3) is 0 Å². The van der Waals surface area contributed by atoms with E-state index < -0.39 is 0 Å². The molecule has 2 heterocycles. The van der Waals surface area contributed by atoms with E-state index in [9.17, 15) is 4.79 Å². The highest BCUT2D eigenvalue weighted by Gasteiger charge is 2.26. The number of benzene rings is 1. The average Bonchev–Trinajstić information content (AvgIpc) is 2.69. The summed E-state index contributed by atoms with van der Waals surface area (Å²) < 4.78 is 6.09. The zero-order valence-corrected chi connectivity index (χ0v) is 16.7. The molecule has 7 heteroatoms. The van der Waals surface area contributed by atoms with Crippen molar-refractivity contribution in [3.8, 4) is 5.88 Å². The predicted molar refractivity (Wildman–Crippen MR) is 108 cm³/mol. The van der Waals surface area contributed by atoms with Gasteiger partial charge >= 0.3 is 0 Å². The molecule has 27 heavy (non-hydrogen) atoms. The Morgan fingerprint density at radius 2 is 2.04 bits per heavy atom. The van der Waals surface area contributed by atoms with Gasteiger partial charge in [0.25, 0.3) is 5.88 Å². The third kappa shape index (κ3) is 5.60. The van der Waals surface area contributed by atoms with E-state index in [1.54, 1.807) is 24.2 Å². The molecule has 1 aliphatic heterocycles. The maximum Gasteiger partial charge on any atom is 0.257 e. The van der Waals surface area contributed by atoms with Crippen LogP contribution in [-0.4, -0.2) is 59.8 Å². The molecular formula is C20H26N4O2S. The Bertz CT molecular complexity index is 742. The van der Waals surface area contributed by atoms with Crippen molar-refractivity contribution < 1.29 is 9.53 Å². The summed E-state index contributed by atoms with van der Waals surface area (Å²) in [6.45, 7) is 1.41. The summed E-state index contributed by atoms with van der Waals surface area (Å²) in [7, 11) is 3.83. The molecule has 1 aromatic carbocycles. The Balaban J connectivity index is 1.51. The van der Waals surface area contributed by atoms with Crippen molar-refractivity contribution in [2.75, 3.05) is 37.8 Å². The highest BCUT2D eigenvalue weighted by molar-refractivity contribution is 7.99. The van der Waals surface area contributed by atoms with E-state index in [0.29, 0.717) is 24.7 Å². The molecule has 1 fully saturated rings. The summed E-state index contributed by atoms with van der Waals surface area (Å²) in [6, 6.07) is 10.2. The third-order valence-electron chi connectivity index (χ3n) is 4.41. The molecule has 0 spiro atoms. The molecule has 1 saturated heterocycles. The number of anilines is 1. The highest BCUT2D eigenvalue weighted by atomic mass is 32.2. The van der Waals surface area contributed by atoms with Crippen LogP contribution in [0.1, 0.15) is 19.3 Å². The third-order valence-corrected chi connectivity index (χ3v) is 5.42. The molecule has 6 nitrogen and oxygen atoms in total. The lowest BCUT2D eigenvalue weighted by Crippen LogP contribution is -2.44. The van der Waals surface area contributed by atoms with Crippen molar-refractivity contribution >= 4 is 23.5 Å². The molecule has 144 valence electrons. The Morgan fingerprint density at radius 3 is 2.81 bits per heavy atom. The number of thioether (sulfide) groups is 1. The summed E-state index contributed by atoms with van der Waals surface area (Å²) in [6.07, 6.45) is 5.66. The fourth-order valence-corrected chi connectivity index (χ4v) is 3.92. The van der Waals surface area contributed by atoms with Crippen LogP contribution >= 0.6 is 11.8 Å². The molecule has 3 rings (SSSR count). The quantitative estimate of drug-likeness (QED) is 0.682. The van der Waals surface area contributed by atoms with Crippen molar-refractivity contribution in [1.29, 1.82) is 0 Å². The van der Waals surface area contributed by atoms with Gasteiger partial charge in [0.1, 0.15) is 6.10 Å². The van der Waals surface area contributed by atoms with Gasteiger partial charge < -0.3 is 14.5 Å². The molecule has 1 aromatic heterocycles. The SMILES string of the molecule is CN(C)c1nccnc1OC1CCCN(C(=O)CCSc2ccccc2)C1. The molecule has 0 saturated carbocycles. The second-order valence-electron chi connectivity index (χ2n) is 6.71. The number of nitrogens with zero attached hydrogens (tertiary/aromatic N) is 4. The number of carbonyl (C=O) groups excluding carboxylic acids is 1. The summed E-state index contributed by atoms with van der Waals surface area (Å²) in [4.78, 5) is 26.2. The molecule has 0 aliphatic carbocycles. The number of hydrogen-bond acceptors (Lipinski definition) is 6. The molecule has 0 radical (unpaired) electrons. The molecule has 0 N–H and O–H groups in total. The summed E-state index contributed by atoms with van der Waals surface area (Å²) >= 11 is 1.72. The zero-order valence-electron chi connectivity index (χ0n) is 15.9. The van der Waals surface area contributed by atoms with Crippen LogP contribution in [0.3, 0.4) is 0 Å². The maximum atomic E-state index is 12.6. The Kier molecular flexibility index (Phi) is 6.92. The number of hydrogen-bond donors (Lipinski definition) is 0. The first kappa shape index (κ1) is 19.5. The lowest BCUT2D eigenvalue weighted by molar-refractivity contribution is -0.133. The highest BCUT2D eigenvalue weighted by Crippen LogP contribution is 2.25. The summed E-state index contributed by atoms with van der Waals surface area (Å²) in [5.74, 6) is 2.22. The standard InChI is InChI=1S/C20H26N4O2S/c1-23(2)19-20(22-12-11-21-19)26-16-7-6-13-24(15-16)18(25)10-14-27-17-8-4-3-5-9-17/h3-5,8-9,11-12,16H,6-7,10,13-15H2,1-2H3. The number of rotatable bonds is 7. The van der Waals surface area contributed by atoms with Gasteiger partial charge in [0.05, 0.1) is 6.54 Å². The second-order valence-corrected chi connectivity index (χ2v) is 7.88. The van der Waals surface area contributed by atoms with Gasteiger partial charge in [0.15, 0.2) is 5.82 Å². The molecule has 1 atom stereocenters. The van der Waals surface area contributed by atoms with Gasteiger partial charge in [-0.3, -0.25) is 4.79 Å². The zero-order chi connectivity index (χ0) is 19.1. The van der Waals surface area contributed by atoms with Crippen molar-refractivity contribution in [2.45, 2.75) is 30.3 Å². The van der Waals surface area contributed by atoms with Crippen molar-refractivity contribution in [3.63, 3.8) is 0 Å². The lowest BCUT2D eigenvalue weighted by atomic mass is 10.1. The van der Waals surface area contributed by atoms with Gasteiger partial charge in [-0.15, -0.1) is 11.8 Å². The number of likely N-dealkylation sites (tertiary alicyclic amines) is 1. The normalized spacial score (nSPS) is 16.8. The van der Waals surface area contributed by atoms with Crippen molar-refractivity contribution in [3.05, 3.63) is 42.7 Å². The number of piperidine rings is 1. The summed E-state index contributed by atoms with van der Waals surface area (Å²) in [5.41, 5.74) is 0. The number of amides is 1. The lowest BCUT2D eigenvalue weighted by Gasteiger charge is -2.33. The van der Waals surface area contributed by atoms with Crippen LogP contribution in [0.4, 0.5) is 5.82 Å². The smallest absolute Gasteiger partial charge is 0.257 e. The summed E-state index contributed by atoms with van der Waals surface area (Å²) in [5, 5.41) is 0. The topological polar surface area (TPSA) is 58.6 Å². The average molecular weight is 387 g/mol. The molecule has 1 unspecified atom stereocenters. The maximum absolute atomic E-state index is 12.6. The van der Waals surface area contributed by atoms with Gasteiger partial charge in [0, 0.05) is 50.1 Å². The number of aromatic nitrogens is 2. The van der Waals surface area contributed by atoms with E-state index >= 15 is 0 Å². The number of ether oxygens (including phenoxy) is 1. The van der Waals surface area contributed by atoms with E-state index in [1.165, 1.54) is 4.90 Å². The Morgan fingerprint density at radius 1 is 1.26 bits per heavy atom. The fourth-order valence-electron chi connectivity index (χ4n) is 3.06. The van der Waals surface area contributed by atoms with Crippen LogP contribution in [0.2, 0.25) is 0 Å². The van der Waals surface area contributed by atoms with Crippen LogP contribution < -0.4 is 9.64 Å². The van der Waals surface area contributed by atoms with Gasteiger partial charge in [-0.05, 0) is 25.0 Å². The van der Waals surface area contributed by atoms with Crippen LogP contribution in [0.5, 0.6) is 5.88 Å². The first-order valence-corrected chi connectivity index (χ1v) is 10.2.